The molecule has 2 aromatic heterocycles. The Bertz CT molecular complexity index is 1250. The Morgan fingerprint density at radius 3 is 2.77 bits per heavy atom. The summed E-state index contributed by atoms with van der Waals surface area (Å²) in [5.41, 5.74) is 4.32. The Morgan fingerprint density at radius 1 is 1.20 bits per heavy atom. The first-order chi connectivity index (χ1) is 14.4. The highest BCUT2D eigenvalue weighted by atomic mass is 16.6. The van der Waals surface area contributed by atoms with Gasteiger partial charge in [0.05, 0.1) is 11.5 Å². The van der Waals surface area contributed by atoms with Crippen molar-refractivity contribution in [1.29, 1.82) is 0 Å². The maximum absolute atomic E-state index is 12.7. The largest absolute Gasteiger partial charge is 0.361 e. The zero-order valence-electron chi connectivity index (χ0n) is 16.7. The molecule has 4 aromatic rings. The van der Waals surface area contributed by atoms with Crippen molar-refractivity contribution in [1.82, 2.24) is 20.1 Å². The number of fused-ring (bicyclic) bond motifs is 1. The average Bonchev–Trinajstić information content (AvgIpc) is 3.26. The Labute approximate surface area is 172 Å². The summed E-state index contributed by atoms with van der Waals surface area (Å²) in [4.78, 5) is 26.6. The number of nitrogens with zero attached hydrogens (tertiary/aromatic N) is 3. The summed E-state index contributed by atoms with van der Waals surface area (Å²) >= 11 is 0. The molecule has 0 saturated carbocycles. The van der Waals surface area contributed by atoms with Gasteiger partial charge in [0, 0.05) is 29.2 Å². The fourth-order valence-electron chi connectivity index (χ4n) is 3.64. The van der Waals surface area contributed by atoms with Crippen molar-refractivity contribution in [2.45, 2.75) is 26.9 Å². The van der Waals surface area contributed by atoms with Crippen LogP contribution in [0.5, 0.6) is 0 Å². The van der Waals surface area contributed by atoms with E-state index in [1.54, 1.807) is 36.7 Å². The van der Waals surface area contributed by atoms with E-state index in [1.165, 1.54) is 0 Å². The molecule has 30 heavy (non-hydrogen) atoms. The van der Waals surface area contributed by atoms with Gasteiger partial charge in [-0.2, -0.15) is 5.10 Å². The third kappa shape index (κ3) is 3.67. The molecule has 0 saturated heterocycles. The Balaban J connectivity index is 1.48. The highest BCUT2D eigenvalue weighted by Gasteiger charge is 2.21. The van der Waals surface area contributed by atoms with Crippen molar-refractivity contribution in [3.05, 3.63) is 92.9 Å². The van der Waals surface area contributed by atoms with Gasteiger partial charge in [-0.1, -0.05) is 30.3 Å². The van der Waals surface area contributed by atoms with Crippen molar-refractivity contribution in [3.63, 3.8) is 0 Å². The summed E-state index contributed by atoms with van der Waals surface area (Å²) in [5, 5.41) is 19.5. The molecule has 8 nitrogen and oxygen atoms in total. The lowest BCUT2D eigenvalue weighted by molar-refractivity contribution is -0.386. The van der Waals surface area contributed by atoms with Crippen LogP contribution in [0.1, 0.15) is 32.9 Å². The molecule has 0 unspecified atom stereocenters. The highest BCUT2D eigenvalue weighted by molar-refractivity contribution is 5.94. The van der Waals surface area contributed by atoms with Crippen LogP contribution in [-0.2, 0) is 13.1 Å². The number of benzene rings is 2. The Morgan fingerprint density at radius 2 is 2.00 bits per heavy atom. The molecule has 1 amide bonds. The molecule has 8 heteroatoms. The molecule has 4 rings (SSSR count). The number of carbonyl (C=O) groups excluding carboxylic acids is 1. The summed E-state index contributed by atoms with van der Waals surface area (Å²) in [6, 6.07) is 15.1. The minimum absolute atomic E-state index is 0.0302. The van der Waals surface area contributed by atoms with E-state index >= 15 is 0 Å². The van der Waals surface area contributed by atoms with Gasteiger partial charge in [0.2, 0.25) is 0 Å². The molecule has 2 aromatic carbocycles. The lowest BCUT2D eigenvalue weighted by Gasteiger charge is -2.08. The van der Waals surface area contributed by atoms with E-state index in [-0.39, 0.29) is 11.6 Å². The van der Waals surface area contributed by atoms with E-state index in [4.69, 9.17) is 0 Å². The van der Waals surface area contributed by atoms with Crippen molar-refractivity contribution >= 4 is 22.5 Å². The SMILES string of the molecule is Cc1nn(Cc2cccc(C(=O)NCc3c[nH]c4ccccc34)c2)c(C)c1[N+](=O)[O-]. The molecule has 152 valence electrons. The van der Waals surface area contributed by atoms with Crippen molar-refractivity contribution in [3.8, 4) is 0 Å². The third-order valence-corrected chi connectivity index (χ3v) is 5.16. The number of aromatic amines is 1. The van der Waals surface area contributed by atoms with Gasteiger partial charge in [0.25, 0.3) is 5.91 Å². The molecule has 0 aliphatic heterocycles. The van der Waals surface area contributed by atoms with E-state index < -0.39 is 4.92 Å². The van der Waals surface area contributed by atoms with Crippen LogP contribution in [0.15, 0.2) is 54.7 Å². The molecule has 0 aliphatic rings. The maximum Gasteiger partial charge on any atom is 0.312 e. The first-order valence-corrected chi connectivity index (χ1v) is 9.54. The number of aryl methyl sites for hydroxylation is 1. The Kier molecular flexibility index (Phi) is 5.05. The monoisotopic (exact) mass is 403 g/mol. The van der Waals surface area contributed by atoms with E-state index in [0.717, 1.165) is 22.0 Å². The van der Waals surface area contributed by atoms with Gasteiger partial charge in [-0.25, -0.2) is 0 Å². The van der Waals surface area contributed by atoms with Crippen LogP contribution in [-0.4, -0.2) is 25.6 Å². The number of hydrogen-bond donors (Lipinski definition) is 2. The zero-order valence-corrected chi connectivity index (χ0v) is 16.7. The molecule has 2 heterocycles. The quantitative estimate of drug-likeness (QED) is 0.376. The standard InChI is InChI=1S/C22H21N5O3/c1-14-21(27(29)30)15(2)26(25-14)13-16-6-5-7-17(10-16)22(28)24-12-18-11-23-20-9-4-3-8-19(18)20/h3-11,23H,12-13H2,1-2H3,(H,24,28). The van der Waals surface area contributed by atoms with Crippen molar-refractivity contribution in [2.24, 2.45) is 0 Å². The van der Waals surface area contributed by atoms with Crippen LogP contribution in [0, 0.1) is 24.0 Å². The second kappa shape index (κ2) is 7.82. The summed E-state index contributed by atoms with van der Waals surface area (Å²) < 4.78 is 1.59. The number of para-hydroxylation sites is 1. The first kappa shape index (κ1) is 19.4. The first-order valence-electron chi connectivity index (χ1n) is 9.54. The number of carbonyl (C=O) groups is 1. The third-order valence-electron chi connectivity index (χ3n) is 5.16. The highest BCUT2D eigenvalue weighted by Crippen LogP contribution is 2.23. The predicted octanol–water partition coefficient (Wildman–Crippen LogP) is 3.87. The van der Waals surface area contributed by atoms with Crippen molar-refractivity contribution in [2.75, 3.05) is 0 Å². The number of H-pyrrole nitrogens is 1. The maximum atomic E-state index is 12.7. The van der Waals surface area contributed by atoms with Crippen molar-refractivity contribution < 1.29 is 9.72 Å². The number of hydrogen-bond acceptors (Lipinski definition) is 4. The van der Waals surface area contributed by atoms with Crippen LogP contribution < -0.4 is 5.32 Å². The van der Waals surface area contributed by atoms with Gasteiger partial charge in [-0.3, -0.25) is 19.6 Å². The average molecular weight is 403 g/mol. The van der Waals surface area contributed by atoms with Crippen LogP contribution in [0.4, 0.5) is 5.69 Å². The summed E-state index contributed by atoms with van der Waals surface area (Å²) in [5.74, 6) is -0.179. The minimum atomic E-state index is -0.414. The molecular weight excluding hydrogens is 382 g/mol. The van der Waals surface area contributed by atoms with Gasteiger partial charge in [0.15, 0.2) is 0 Å². The van der Waals surface area contributed by atoms with Crippen LogP contribution in [0.25, 0.3) is 10.9 Å². The molecule has 0 atom stereocenters. The van der Waals surface area contributed by atoms with Gasteiger partial charge in [-0.05, 0) is 43.2 Å². The number of nitrogens with one attached hydrogen (secondary N) is 2. The smallest absolute Gasteiger partial charge is 0.312 e. The predicted molar refractivity (Wildman–Crippen MR) is 113 cm³/mol. The van der Waals surface area contributed by atoms with E-state index in [2.05, 4.69) is 15.4 Å². The van der Waals surface area contributed by atoms with Crippen LogP contribution >= 0.6 is 0 Å². The van der Waals surface area contributed by atoms with E-state index in [9.17, 15) is 14.9 Å². The fraction of sp³-hybridized carbons (Fsp3) is 0.182. The minimum Gasteiger partial charge on any atom is -0.361 e. The normalized spacial score (nSPS) is 11.0. The molecule has 0 aliphatic carbocycles. The molecule has 0 fully saturated rings. The Hall–Kier alpha value is -3.94. The topological polar surface area (TPSA) is 106 Å². The summed E-state index contributed by atoms with van der Waals surface area (Å²) in [6.07, 6.45) is 1.90. The molecule has 2 N–H and O–H groups in total. The van der Waals surface area contributed by atoms with Crippen LogP contribution in [0.3, 0.4) is 0 Å². The van der Waals surface area contributed by atoms with Crippen LogP contribution in [0.2, 0.25) is 0 Å². The number of aromatic nitrogens is 3. The fourth-order valence-corrected chi connectivity index (χ4v) is 3.64. The second-order valence-corrected chi connectivity index (χ2v) is 7.18. The molecule has 0 bridgehead atoms. The molecule has 0 radical (unpaired) electrons. The zero-order chi connectivity index (χ0) is 21.3. The number of rotatable bonds is 6. The van der Waals surface area contributed by atoms with E-state index in [1.807, 2.05) is 36.5 Å². The molecule has 0 spiro atoms. The number of amides is 1. The van der Waals surface area contributed by atoms with Gasteiger partial charge in [0.1, 0.15) is 11.4 Å². The lowest BCUT2D eigenvalue weighted by Crippen LogP contribution is -2.22. The van der Waals surface area contributed by atoms with Gasteiger partial charge in [-0.15, -0.1) is 0 Å². The number of nitro groups is 1. The lowest BCUT2D eigenvalue weighted by atomic mass is 10.1. The van der Waals surface area contributed by atoms with E-state index in [0.29, 0.717) is 30.0 Å². The summed E-state index contributed by atoms with van der Waals surface area (Å²) in [7, 11) is 0. The summed E-state index contributed by atoms with van der Waals surface area (Å²) in [6.45, 7) is 4.06. The van der Waals surface area contributed by atoms with Gasteiger partial charge >= 0.3 is 5.69 Å². The molecular formula is C22H21N5O3. The second-order valence-electron chi connectivity index (χ2n) is 7.18. The van der Waals surface area contributed by atoms with Gasteiger partial charge < -0.3 is 10.3 Å².